The first-order valence-corrected chi connectivity index (χ1v) is 7.48. The number of aryl methyl sites for hydroxylation is 1. The van der Waals surface area contributed by atoms with Gasteiger partial charge in [0, 0.05) is 11.4 Å². The van der Waals surface area contributed by atoms with Crippen LogP contribution in [0.1, 0.15) is 39.5 Å². The summed E-state index contributed by atoms with van der Waals surface area (Å²) >= 11 is 1.71. The summed E-state index contributed by atoms with van der Waals surface area (Å²) < 4.78 is 5.98. The smallest absolute Gasteiger partial charge is 0.227 e. The van der Waals surface area contributed by atoms with Gasteiger partial charge < -0.3 is 10.1 Å². The highest BCUT2D eigenvalue weighted by Crippen LogP contribution is 2.33. The molecule has 0 bridgehead atoms. The molecular weight excluding hydrogens is 258 g/mol. The van der Waals surface area contributed by atoms with Gasteiger partial charge in [-0.2, -0.15) is 4.98 Å². The topological polar surface area (TPSA) is 47.0 Å². The average molecular weight is 279 g/mol. The highest BCUT2D eigenvalue weighted by atomic mass is 32.1. The third-order valence-corrected chi connectivity index (χ3v) is 3.67. The van der Waals surface area contributed by atoms with E-state index < -0.39 is 0 Å². The van der Waals surface area contributed by atoms with Gasteiger partial charge in [-0.05, 0) is 40.2 Å². The van der Waals surface area contributed by atoms with Gasteiger partial charge >= 0.3 is 0 Å². The largest absolute Gasteiger partial charge is 0.471 e. The second-order valence-electron chi connectivity index (χ2n) is 5.38. The Morgan fingerprint density at radius 3 is 2.58 bits per heavy atom. The SMILES string of the molecule is CCNc1nc(OC(C)(C)C)c2cc(CC)sc2n1. The Bertz CT molecular complexity index is 572. The fourth-order valence-electron chi connectivity index (χ4n) is 1.72. The van der Waals surface area contributed by atoms with Crippen molar-refractivity contribution in [2.75, 3.05) is 11.9 Å². The molecule has 5 heteroatoms. The summed E-state index contributed by atoms with van der Waals surface area (Å²) in [7, 11) is 0. The minimum atomic E-state index is -0.265. The van der Waals surface area contributed by atoms with Crippen molar-refractivity contribution >= 4 is 27.5 Å². The van der Waals surface area contributed by atoms with Gasteiger partial charge in [-0.1, -0.05) is 6.92 Å². The van der Waals surface area contributed by atoms with Crippen molar-refractivity contribution in [3.63, 3.8) is 0 Å². The third kappa shape index (κ3) is 3.35. The van der Waals surface area contributed by atoms with Crippen LogP contribution in [0.3, 0.4) is 0 Å². The van der Waals surface area contributed by atoms with Crippen LogP contribution in [0.25, 0.3) is 10.2 Å². The molecule has 2 aromatic heterocycles. The molecule has 0 aromatic carbocycles. The van der Waals surface area contributed by atoms with E-state index in [-0.39, 0.29) is 5.60 Å². The van der Waals surface area contributed by atoms with E-state index in [4.69, 9.17) is 4.74 Å². The number of thiophene rings is 1. The molecule has 0 atom stereocenters. The van der Waals surface area contributed by atoms with Gasteiger partial charge in [-0.3, -0.25) is 0 Å². The maximum atomic E-state index is 5.98. The summed E-state index contributed by atoms with van der Waals surface area (Å²) in [5, 5.41) is 4.17. The number of hydrogen-bond donors (Lipinski definition) is 1. The van der Waals surface area contributed by atoms with Crippen molar-refractivity contribution in [1.29, 1.82) is 0 Å². The lowest BCUT2D eigenvalue weighted by atomic mass is 10.2. The first-order chi connectivity index (χ1) is 8.93. The van der Waals surface area contributed by atoms with Crippen molar-refractivity contribution in [3.05, 3.63) is 10.9 Å². The van der Waals surface area contributed by atoms with Crippen LogP contribution in [-0.4, -0.2) is 22.1 Å². The maximum absolute atomic E-state index is 5.98. The summed E-state index contributed by atoms with van der Waals surface area (Å²) in [6.07, 6.45) is 1.01. The summed E-state index contributed by atoms with van der Waals surface area (Å²) in [5.41, 5.74) is -0.265. The molecule has 0 saturated heterocycles. The van der Waals surface area contributed by atoms with E-state index in [9.17, 15) is 0 Å². The van der Waals surface area contributed by atoms with Crippen LogP contribution >= 0.6 is 11.3 Å². The summed E-state index contributed by atoms with van der Waals surface area (Å²) in [6, 6.07) is 2.14. The predicted octanol–water partition coefficient (Wildman–Crippen LogP) is 3.86. The quantitative estimate of drug-likeness (QED) is 0.923. The first kappa shape index (κ1) is 14.1. The van der Waals surface area contributed by atoms with Crippen LogP contribution in [-0.2, 0) is 6.42 Å². The predicted molar refractivity (Wildman–Crippen MR) is 81.3 cm³/mol. The number of anilines is 1. The molecule has 1 N–H and O–H groups in total. The molecule has 0 aliphatic heterocycles. The van der Waals surface area contributed by atoms with Crippen LogP contribution in [0.2, 0.25) is 0 Å². The van der Waals surface area contributed by atoms with Crippen LogP contribution in [0.15, 0.2) is 6.07 Å². The Hall–Kier alpha value is -1.36. The molecule has 0 aliphatic carbocycles. The number of aromatic nitrogens is 2. The molecule has 0 fully saturated rings. The third-order valence-electron chi connectivity index (χ3n) is 2.50. The molecule has 2 rings (SSSR count). The van der Waals surface area contributed by atoms with Crippen molar-refractivity contribution in [3.8, 4) is 5.88 Å². The average Bonchev–Trinajstić information content (AvgIpc) is 2.70. The van der Waals surface area contributed by atoms with Crippen molar-refractivity contribution in [2.45, 2.75) is 46.6 Å². The molecule has 19 heavy (non-hydrogen) atoms. The van der Waals surface area contributed by atoms with Crippen LogP contribution in [0.5, 0.6) is 5.88 Å². The molecule has 0 aliphatic rings. The zero-order chi connectivity index (χ0) is 14.0. The number of hydrogen-bond acceptors (Lipinski definition) is 5. The van der Waals surface area contributed by atoms with Gasteiger partial charge in [0.2, 0.25) is 11.8 Å². The number of nitrogens with one attached hydrogen (secondary N) is 1. The lowest BCUT2D eigenvalue weighted by Gasteiger charge is -2.21. The molecule has 0 unspecified atom stereocenters. The van der Waals surface area contributed by atoms with E-state index in [0.717, 1.165) is 23.2 Å². The van der Waals surface area contributed by atoms with Crippen LogP contribution in [0, 0.1) is 0 Å². The van der Waals surface area contributed by atoms with E-state index in [1.54, 1.807) is 11.3 Å². The van der Waals surface area contributed by atoms with E-state index in [1.165, 1.54) is 4.88 Å². The first-order valence-electron chi connectivity index (χ1n) is 6.66. The van der Waals surface area contributed by atoms with Gasteiger partial charge in [0.1, 0.15) is 10.4 Å². The molecule has 2 aromatic rings. The summed E-state index contributed by atoms with van der Waals surface area (Å²) in [5.74, 6) is 1.31. The molecule has 0 spiro atoms. The van der Waals surface area contributed by atoms with Crippen LogP contribution in [0.4, 0.5) is 5.95 Å². The fourth-order valence-corrected chi connectivity index (χ4v) is 2.68. The number of nitrogens with zero attached hydrogens (tertiary/aromatic N) is 2. The van der Waals surface area contributed by atoms with Gasteiger partial charge in [0.15, 0.2) is 0 Å². The molecule has 0 radical (unpaired) electrons. The standard InChI is InChI=1S/C14H21N3OS/c1-6-9-8-10-11(18-14(3,4)5)16-13(15-7-2)17-12(10)19-9/h8H,6-7H2,1-5H3,(H,15,16,17). The molecule has 2 heterocycles. The van der Waals surface area contributed by atoms with Gasteiger partial charge in [-0.15, -0.1) is 11.3 Å². The maximum Gasteiger partial charge on any atom is 0.227 e. The summed E-state index contributed by atoms with van der Waals surface area (Å²) in [6.45, 7) is 11.1. The van der Waals surface area contributed by atoms with Gasteiger partial charge in [0.05, 0.1) is 5.39 Å². The van der Waals surface area contributed by atoms with Gasteiger partial charge in [0.25, 0.3) is 0 Å². The number of fused-ring (bicyclic) bond motifs is 1. The fraction of sp³-hybridized carbons (Fsp3) is 0.571. The lowest BCUT2D eigenvalue weighted by molar-refractivity contribution is 0.126. The highest BCUT2D eigenvalue weighted by Gasteiger charge is 2.18. The zero-order valence-electron chi connectivity index (χ0n) is 12.2. The van der Waals surface area contributed by atoms with E-state index >= 15 is 0 Å². The van der Waals surface area contributed by atoms with Gasteiger partial charge in [-0.25, -0.2) is 4.98 Å². The number of rotatable bonds is 4. The van der Waals surface area contributed by atoms with Crippen molar-refractivity contribution in [1.82, 2.24) is 9.97 Å². The molecule has 0 amide bonds. The van der Waals surface area contributed by atoms with Crippen molar-refractivity contribution in [2.24, 2.45) is 0 Å². The molecule has 104 valence electrons. The van der Waals surface area contributed by atoms with E-state index in [0.29, 0.717) is 11.8 Å². The minimum Gasteiger partial charge on any atom is -0.471 e. The monoisotopic (exact) mass is 279 g/mol. The number of ether oxygens (including phenoxy) is 1. The lowest BCUT2D eigenvalue weighted by Crippen LogP contribution is -2.24. The zero-order valence-corrected chi connectivity index (χ0v) is 13.0. The molecular formula is C14H21N3OS. The Morgan fingerprint density at radius 2 is 2.00 bits per heavy atom. The second-order valence-corrected chi connectivity index (χ2v) is 6.50. The normalized spacial score (nSPS) is 11.8. The highest BCUT2D eigenvalue weighted by molar-refractivity contribution is 7.18. The summed E-state index contributed by atoms with van der Waals surface area (Å²) in [4.78, 5) is 11.3. The Kier molecular flexibility index (Phi) is 3.94. The minimum absolute atomic E-state index is 0.265. The van der Waals surface area contributed by atoms with E-state index in [1.807, 2.05) is 27.7 Å². The van der Waals surface area contributed by atoms with Crippen LogP contribution < -0.4 is 10.1 Å². The Labute approximate surface area is 118 Å². The van der Waals surface area contributed by atoms with E-state index in [2.05, 4.69) is 28.3 Å². The molecule has 0 saturated carbocycles. The molecule has 4 nitrogen and oxygen atoms in total. The second kappa shape index (κ2) is 5.33. The Morgan fingerprint density at radius 1 is 1.26 bits per heavy atom. The Balaban J connectivity index is 2.53. The van der Waals surface area contributed by atoms with Crippen molar-refractivity contribution < 1.29 is 4.74 Å².